The van der Waals surface area contributed by atoms with Crippen LogP contribution in [-0.2, 0) is 42.3 Å². The molecule has 4 rings (SSSR count). The second kappa shape index (κ2) is 8.60. The van der Waals surface area contributed by atoms with Crippen LogP contribution < -0.4 is 0 Å². The average molecular weight is 420 g/mol. The molecule has 2 heterocycles. The van der Waals surface area contributed by atoms with Crippen molar-refractivity contribution in [2.45, 2.75) is 82.6 Å². The van der Waals surface area contributed by atoms with E-state index in [1.54, 1.807) is 6.20 Å². The molecule has 2 aliphatic carbocycles. The van der Waals surface area contributed by atoms with Crippen molar-refractivity contribution in [3.05, 3.63) is 28.8 Å². The summed E-state index contributed by atoms with van der Waals surface area (Å²) >= 11 is 0. The smallest absolute Gasteiger partial charge is 0.227 e. The fourth-order valence-electron chi connectivity index (χ4n) is 4.91. The maximum Gasteiger partial charge on any atom is 0.227 e. The number of aromatic nitrogens is 4. The first-order chi connectivity index (χ1) is 13.9. The number of hydrogen-bond acceptors (Lipinski definition) is 5. The molecule has 0 unspecified atom stereocenters. The van der Waals surface area contributed by atoms with E-state index < -0.39 is 9.84 Å². The molecule has 0 bridgehead atoms. The summed E-state index contributed by atoms with van der Waals surface area (Å²) in [5, 5.41) is 7.98. The third-order valence-corrected chi connectivity index (χ3v) is 7.38. The molecule has 0 aliphatic heterocycles. The quantitative estimate of drug-likeness (QED) is 0.745. The average Bonchev–Trinajstić information content (AvgIpc) is 3.27. The van der Waals surface area contributed by atoms with Crippen molar-refractivity contribution in [1.29, 1.82) is 0 Å². The SMILES string of the molecule is CN(Cc1n[nH]c2c1CCCC2)Cc1cnc(S(C)(=O)=O)n1CC1CCCCC1. The first kappa shape index (κ1) is 20.6. The number of aromatic amines is 1. The van der Waals surface area contributed by atoms with E-state index in [1.165, 1.54) is 62.5 Å². The van der Waals surface area contributed by atoms with Crippen LogP contribution in [0, 0.1) is 5.92 Å². The van der Waals surface area contributed by atoms with Crippen molar-refractivity contribution < 1.29 is 8.42 Å². The van der Waals surface area contributed by atoms with E-state index >= 15 is 0 Å². The highest BCUT2D eigenvalue weighted by Gasteiger charge is 2.24. The van der Waals surface area contributed by atoms with Gasteiger partial charge in [0.2, 0.25) is 15.0 Å². The van der Waals surface area contributed by atoms with Gasteiger partial charge in [-0.3, -0.25) is 10.00 Å². The molecule has 1 saturated carbocycles. The van der Waals surface area contributed by atoms with Gasteiger partial charge in [-0.05, 0) is 57.1 Å². The van der Waals surface area contributed by atoms with E-state index in [4.69, 9.17) is 0 Å². The van der Waals surface area contributed by atoms with Crippen LogP contribution in [0.3, 0.4) is 0 Å². The van der Waals surface area contributed by atoms with Crippen LogP contribution in [0.25, 0.3) is 0 Å². The Morgan fingerprint density at radius 3 is 2.66 bits per heavy atom. The monoisotopic (exact) mass is 419 g/mol. The second-order valence-electron chi connectivity index (χ2n) is 8.93. The van der Waals surface area contributed by atoms with Crippen molar-refractivity contribution in [2.75, 3.05) is 13.3 Å². The van der Waals surface area contributed by atoms with E-state index in [9.17, 15) is 8.42 Å². The number of sulfone groups is 1. The lowest BCUT2D eigenvalue weighted by Gasteiger charge is -2.25. The molecule has 160 valence electrons. The standard InChI is InChI=1S/C21H33N5O2S/c1-25(15-20-18-10-6-7-11-19(18)23-24-20)14-17-12-22-21(29(2,27)28)26(17)13-16-8-4-3-5-9-16/h12,16H,3-11,13-15H2,1-2H3,(H,23,24). The van der Waals surface area contributed by atoms with E-state index in [2.05, 4.69) is 27.1 Å². The van der Waals surface area contributed by atoms with Gasteiger partial charge in [0.15, 0.2) is 0 Å². The van der Waals surface area contributed by atoms with Gasteiger partial charge in [0.05, 0.1) is 17.6 Å². The van der Waals surface area contributed by atoms with Gasteiger partial charge >= 0.3 is 0 Å². The van der Waals surface area contributed by atoms with Crippen LogP contribution in [0.15, 0.2) is 11.4 Å². The number of fused-ring (bicyclic) bond motifs is 1. The second-order valence-corrected chi connectivity index (χ2v) is 10.8. The van der Waals surface area contributed by atoms with E-state index in [0.29, 0.717) is 12.5 Å². The topological polar surface area (TPSA) is 83.9 Å². The Labute approximate surface area is 173 Å². The molecule has 2 aliphatic rings. The minimum Gasteiger partial charge on any atom is -0.317 e. The van der Waals surface area contributed by atoms with Gasteiger partial charge in [-0.1, -0.05) is 19.3 Å². The molecule has 0 radical (unpaired) electrons. The molecule has 2 aromatic rings. The van der Waals surface area contributed by atoms with Gasteiger partial charge in [-0.25, -0.2) is 13.4 Å². The van der Waals surface area contributed by atoms with Gasteiger partial charge in [0.1, 0.15) is 0 Å². The van der Waals surface area contributed by atoms with Crippen LogP contribution in [0.1, 0.15) is 67.6 Å². The molecule has 29 heavy (non-hydrogen) atoms. The molecule has 8 heteroatoms. The van der Waals surface area contributed by atoms with Crippen LogP contribution in [0.2, 0.25) is 0 Å². The fourth-order valence-corrected chi connectivity index (χ4v) is 5.74. The van der Waals surface area contributed by atoms with Crippen LogP contribution >= 0.6 is 0 Å². The van der Waals surface area contributed by atoms with E-state index in [0.717, 1.165) is 37.3 Å². The summed E-state index contributed by atoms with van der Waals surface area (Å²) in [6, 6.07) is 0. The predicted molar refractivity (Wildman–Crippen MR) is 112 cm³/mol. The van der Waals surface area contributed by atoms with Gasteiger partial charge < -0.3 is 4.57 Å². The number of nitrogens with one attached hydrogen (secondary N) is 1. The number of imidazole rings is 1. The Bertz CT molecular complexity index is 940. The zero-order valence-corrected chi connectivity index (χ0v) is 18.5. The molecule has 1 fully saturated rings. The number of aryl methyl sites for hydroxylation is 1. The first-order valence-corrected chi connectivity index (χ1v) is 12.8. The number of nitrogens with zero attached hydrogens (tertiary/aromatic N) is 4. The normalized spacial score (nSPS) is 18.3. The molecule has 1 N–H and O–H groups in total. The molecule has 0 saturated heterocycles. The van der Waals surface area contributed by atoms with E-state index in [1.807, 2.05) is 4.57 Å². The third kappa shape index (κ3) is 4.74. The minimum absolute atomic E-state index is 0.212. The Balaban J connectivity index is 1.51. The summed E-state index contributed by atoms with van der Waals surface area (Å²) in [6.07, 6.45) is 13.8. The summed E-state index contributed by atoms with van der Waals surface area (Å²) in [5.74, 6) is 0.542. The maximum atomic E-state index is 12.3. The summed E-state index contributed by atoms with van der Waals surface area (Å²) < 4.78 is 26.6. The zero-order chi connectivity index (χ0) is 20.4. The highest BCUT2D eigenvalue weighted by Crippen LogP contribution is 2.27. The summed E-state index contributed by atoms with van der Waals surface area (Å²) in [7, 11) is -1.27. The molecule has 0 aromatic carbocycles. The molecular weight excluding hydrogens is 386 g/mol. The maximum absolute atomic E-state index is 12.3. The molecule has 0 atom stereocenters. The largest absolute Gasteiger partial charge is 0.317 e. The zero-order valence-electron chi connectivity index (χ0n) is 17.7. The number of H-pyrrole nitrogens is 1. The number of hydrogen-bond donors (Lipinski definition) is 1. The lowest BCUT2D eigenvalue weighted by atomic mass is 9.89. The van der Waals surface area contributed by atoms with Crippen molar-refractivity contribution in [3.8, 4) is 0 Å². The summed E-state index contributed by atoms with van der Waals surface area (Å²) in [6.45, 7) is 2.18. The lowest BCUT2D eigenvalue weighted by molar-refractivity contribution is 0.280. The number of rotatable bonds is 7. The molecule has 0 spiro atoms. The van der Waals surface area contributed by atoms with Gasteiger partial charge in [-0.2, -0.15) is 5.10 Å². The first-order valence-electron chi connectivity index (χ1n) is 10.9. The molecule has 0 amide bonds. The molecular formula is C21H33N5O2S. The van der Waals surface area contributed by atoms with Crippen LogP contribution in [-0.4, -0.2) is 46.4 Å². The summed E-state index contributed by atoms with van der Waals surface area (Å²) in [4.78, 5) is 6.51. The third-order valence-electron chi connectivity index (χ3n) is 6.39. The van der Waals surface area contributed by atoms with E-state index in [-0.39, 0.29) is 5.16 Å². The van der Waals surface area contributed by atoms with Crippen molar-refractivity contribution in [2.24, 2.45) is 5.92 Å². The summed E-state index contributed by atoms with van der Waals surface area (Å²) in [5.41, 5.74) is 4.78. The van der Waals surface area contributed by atoms with Gasteiger partial charge in [0, 0.05) is 31.6 Å². The Hall–Kier alpha value is -1.67. The molecule has 7 nitrogen and oxygen atoms in total. The fraction of sp³-hybridized carbons (Fsp3) is 0.714. The Morgan fingerprint density at radius 2 is 1.90 bits per heavy atom. The van der Waals surface area contributed by atoms with Crippen molar-refractivity contribution in [3.63, 3.8) is 0 Å². The highest BCUT2D eigenvalue weighted by atomic mass is 32.2. The van der Waals surface area contributed by atoms with Crippen molar-refractivity contribution in [1.82, 2.24) is 24.6 Å². The van der Waals surface area contributed by atoms with Crippen LogP contribution in [0.5, 0.6) is 0 Å². The molecule has 2 aromatic heterocycles. The lowest BCUT2D eigenvalue weighted by Crippen LogP contribution is -2.24. The van der Waals surface area contributed by atoms with Crippen LogP contribution in [0.4, 0.5) is 0 Å². The predicted octanol–water partition coefficient (Wildman–Crippen LogP) is 3.10. The van der Waals surface area contributed by atoms with Gasteiger partial charge in [0.25, 0.3) is 0 Å². The Morgan fingerprint density at radius 1 is 1.14 bits per heavy atom. The highest BCUT2D eigenvalue weighted by molar-refractivity contribution is 7.90. The minimum atomic E-state index is -3.35. The van der Waals surface area contributed by atoms with Crippen molar-refractivity contribution >= 4 is 9.84 Å². The van der Waals surface area contributed by atoms with Gasteiger partial charge in [-0.15, -0.1) is 0 Å². The Kier molecular flexibility index (Phi) is 6.11.